The van der Waals surface area contributed by atoms with Crippen LogP contribution >= 0.6 is 11.8 Å². The highest BCUT2D eigenvalue weighted by Crippen LogP contribution is 2.43. The molecule has 154 valence electrons. The molecule has 0 saturated heterocycles. The second kappa shape index (κ2) is 8.36. The molecule has 0 aliphatic carbocycles. The Labute approximate surface area is 179 Å². The van der Waals surface area contributed by atoms with Gasteiger partial charge in [0.15, 0.2) is 0 Å². The maximum absolute atomic E-state index is 12.5. The summed E-state index contributed by atoms with van der Waals surface area (Å²) < 4.78 is 6.60. The predicted molar refractivity (Wildman–Crippen MR) is 118 cm³/mol. The largest absolute Gasteiger partial charge is 0.465 e. The topological polar surface area (TPSA) is 73.2 Å². The number of aromatic nitrogens is 2. The molecule has 0 fully saturated rings. The quantitative estimate of drug-likeness (QED) is 0.636. The van der Waals surface area contributed by atoms with E-state index in [9.17, 15) is 9.59 Å². The van der Waals surface area contributed by atoms with Gasteiger partial charge in [0.2, 0.25) is 5.91 Å². The number of hydrogen-bond acceptors (Lipinski definition) is 5. The average Bonchev–Trinajstić information content (AvgIpc) is 2.98. The van der Waals surface area contributed by atoms with Crippen molar-refractivity contribution < 1.29 is 14.3 Å². The fourth-order valence-corrected chi connectivity index (χ4v) is 4.81. The Kier molecular flexibility index (Phi) is 5.63. The van der Waals surface area contributed by atoms with E-state index in [1.807, 2.05) is 35.9 Å². The van der Waals surface area contributed by atoms with Crippen LogP contribution in [0.2, 0.25) is 0 Å². The van der Waals surface area contributed by atoms with Gasteiger partial charge in [-0.05, 0) is 48.7 Å². The molecule has 4 rings (SSSR count). The Hall–Kier alpha value is -3.06. The minimum absolute atomic E-state index is 0.0544. The third-order valence-electron chi connectivity index (χ3n) is 5.23. The van der Waals surface area contributed by atoms with E-state index >= 15 is 0 Å². The molecule has 2 heterocycles. The van der Waals surface area contributed by atoms with Crippen LogP contribution in [-0.2, 0) is 16.0 Å². The Morgan fingerprint density at radius 3 is 2.53 bits per heavy atom. The number of carbonyl (C=O) groups excluding carboxylic acids is 2. The molecule has 1 atom stereocenters. The molecule has 1 amide bonds. The van der Waals surface area contributed by atoms with Crippen LogP contribution in [0, 0.1) is 6.92 Å². The van der Waals surface area contributed by atoms with E-state index in [4.69, 9.17) is 9.84 Å². The molecule has 0 bridgehead atoms. The average molecular weight is 422 g/mol. The Morgan fingerprint density at radius 1 is 1.20 bits per heavy atom. The zero-order chi connectivity index (χ0) is 21.3. The molecule has 0 spiro atoms. The predicted octanol–water partition coefficient (Wildman–Crippen LogP) is 4.30. The molecule has 0 unspecified atom stereocenters. The number of methoxy groups -OCH3 is 1. The van der Waals surface area contributed by atoms with Crippen molar-refractivity contribution in [3.8, 4) is 5.69 Å². The monoisotopic (exact) mass is 421 g/mol. The van der Waals surface area contributed by atoms with E-state index in [0.29, 0.717) is 17.1 Å². The van der Waals surface area contributed by atoms with Gasteiger partial charge in [0, 0.05) is 5.56 Å². The molecule has 1 aromatic heterocycles. The number of nitrogens with one attached hydrogen (secondary N) is 1. The SMILES string of the molecule is CCc1ccc(-n2nc(C)c3c2NC(=O)CS[C@@H]3c2ccc(C(=O)OC)cc2)cc1. The van der Waals surface area contributed by atoms with Gasteiger partial charge in [-0.25, -0.2) is 9.48 Å². The molecule has 1 aliphatic rings. The van der Waals surface area contributed by atoms with Crippen molar-refractivity contribution in [1.82, 2.24) is 9.78 Å². The minimum atomic E-state index is -0.368. The van der Waals surface area contributed by atoms with Crippen molar-refractivity contribution >= 4 is 29.5 Å². The second-order valence-electron chi connectivity index (χ2n) is 7.13. The zero-order valence-corrected chi connectivity index (χ0v) is 18.0. The lowest BCUT2D eigenvalue weighted by molar-refractivity contribution is -0.113. The highest BCUT2D eigenvalue weighted by Gasteiger charge is 2.30. The lowest BCUT2D eigenvalue weighted by Gasteiger charge is -2.16. The molecule has 30 heavy (non-hydrogen) atoms. The normalized spacial score (nSPS) is 15.8. The van der Waals surface area contributed by atoms with Crippen molar-refractivity contribution in [2.24, 2.45) is 0 Å². The van der Waals surface area contributed by atoms with Crippen molar-refractivity contribution in [3.05, 3.63) is 76.5 Å². The van der Waals surface area contributed by atoms with E-state index in [0.717, 1.165) is 28.9 Å². The third-order valence-corrected chi connectivity index (χ3v) is 6.50. The summed E-state index contributed by atoms with van der Waals surface area (Å²) in [6.07, 6.45) is 0.966. The number of nitrogens with zero attached hydrogens (tertiary/aromatic N) is 2. The fourth-order valence-electron chi connectivity index (χ4n) is 3.62. The van der Waals surface area contributed by atoms with Gasteiger partial charge in [0.05, 0.1) is 35.1 Å². The van der Waals surface area contributed by atoms with Crippen LogP contribution in [0.5, 0.6) is 0 Å². The van der Waals surface area contributed by atoms with Crippen molar-refractivity contribution in [1.29, 1.82) is 0 Å². The van der Waals surface area contributed by atoms with Crippen LogP contribution in [0.4, 0.5) is 5.82 Å². The van der Waals surface area contributed by atoms with Gasteiger partial charge in [-0.1, -0.05) is 31.2 Å². The fraction of sp³-hybridized carbons (Fsp3) is 0.261. The standard InChI is InChI=1S/C23H23N3O3S/c1-4-15-5-11-18(12-6-15)26-22-20(14(2)25-26)21(30-13-19(27)24-22)16-7-9-17(10-8-16)23(28)29-3/h5-12,21H,4,13H2,1-3H3,(H,24,27)/t21-/m1/s1. The van der Waals surface area contributed by atoms with Gasteiger partial charge < -0.3 is 10.1 Å². The molecule has 0 radical (unpaired) electrons. The second-order valence-corrected chi connectivity index (χ2v) is 8.23. The number of amides is 1. The summed E-state index contributed by atoms with van der Waals surface area (Å²) in [7, 11) is 1.37. The number of rotatable bonds is 4. The number of benzene rings is 2. The Balaban J connectivity index is 1.78. The van der Waals surface area contributed by atoms with Crippen molar-refractivity contribution in [2.75, 3.05) is 18.2 Å². The molecule has 6 nitrogen and oxygen atoms in total. The summed E-state index contributed by atoms with van der Waals surface area (Å²) in [5.74, 6) is 0.619. The van der Waals surface area contributed by atoms with Crippen LogP contribution in [0.15, 0.2) is 48.5 Å². The molecular weight excluding hydrogens is 398 g/mol. The first-order chi connectivity index (χ1) is 14.5. The van der Waals surface area contributed by atoms with Gasteiger partial charge in [0.25, 0.3) is 0 Å². The maximum atomic E-state index is 12.5. The van der Waals surface area contributed by atoms with Crippen LogP contribution < -0.4 is 5.32 Å². The van der Waals surface area contributed by atoms with Crippen LogP contribution in [0.25, 0.3) is 5.69 Å². The van der Waals surface area contributed by atoms with E-state index in [1.54, 1.807) is 23.9 Å². The van der Waals surface area contributed by atoms with Gasteiger partial charge in [-0.2, -0.15) is 5.10 Å². The van der Waals surface area contributed by atoms with E-state index in [1.165, 1.54) is 12.7 Å². The molecule has 0 saturated carbocycles. The number of fused-ring (bicyclic) bond motifs is 1. The number of anilines is 1. The van der Waals surface area contributed by atoms with Gasteiger partial charge in [-0.3, -0.25) is 4.79 Å². The van der Waals surface area contributed by atoms with Crippen molar-refractivity contribution in [2.45, 2.75) is 25.5 Å². The summed E-state index contributed by atoms with van der Waals surface area (Å²) in [5.41, 5.74) is 5.50. The summed E-state index contributed by atoms with van der Waals surface area (Å²) in [6, 6.07) is 15.5. The van der Waals surface area contributed by atoms with Gasteiger partial charge >= 0.3 is 5.97 Å². The number of hydrogen-bond donors (Lipinski definition) is 1. The molecule has 3 aromatic rings. The summed E-state index contributed by atoms with van der Waals surface area (Å²) in [4.78, 5) is 24.2. The van der Waals surface area contributed by atoms with Crippen LogP contribution in [-0.4, -0.2) is 34.5 Å². The number of carbonyl (C=O) groups is 2. The van der Waals surface area contributed by atoms with Gasteiger partial charge in [-0.15, -0.1) is 11.8 Å². The van der Waals surface area contributed by atoms with Crippen molar-refractivity contribution in [3.63, 3.8) is 0 Å². The molecule has 2 aromatic carbocycles. The first kappa shape index (κ1) is 20.2. The smallest absolute Gasteiger partial charge is 0.337 e. The summed E-state index contributed by atoms with van der Waals surface area (Å²) in [6.45, 7) is 4.08. The molecule has 1 N–H and O–H groups in total. The van der Waals surface area contributed by atoms with Crippen LogP contribution in [0.1, 0.15) is 44.9 Å². The summed E-state index contributed by atoms with van der Waals surface area (Å²) in [5, 5.41) is 7.71. The number of esters is 1. The zero-order valence-electron chi connectivity index (χ0n) is 17.1. The lowest BCUT2D eigenvalue weighted by atomic mass is 10.0. The molecular formula is C23H23N3O3S. The van der Waals surface area contributed by atoms with E-state index in [2.05, 4.69) is 24.4 Å². The lowest BCUT2D eigenvalue weighted by Crippen LogP contribution is -2.15. The minimum Gasteiger partial charge on any atom is -0.465 e. The van der Waals surface area contributed by atoms with Gasteiger partial charge in [0.1, 0.15) is 5.82 Å². The Morgan fingerprint density at radius 2 is 1.90 bits per heavy atom. The number of thioether (sulfide) groups is 1. The molecule has 1 aliphatic heterocycles. The van der Waals surface area contributed by atoms with E-state index in [-0.39, 0.29) is 17.1 Å². The van der Waals surface area contributed by atoms with Crippen LogP contribution in [0.3, 0.4) is 0 Å². The number of aryl methyl sites for hydroxylation is 2. The third kappa shape index (κ3) is 3.73. The molecule has 7 heteroatoms. The number of ether oxygens (including phenoxy) is 1. The highest BCUT2D eigenvalue weighted by molar-refractivity contribution is 8.00. The first-order valence-corrected chi connectivity index (χ1v) is 10.8. The van der Waals surface area contributed by atoms with E-state index < -0.39 is 0 Å². The highest BCUT2D eigenvalue weighted by atomic mass is 32.2. The maximum Gasteiger partial charge on any atom is 0.337 e. The Bertz CT molecular complexity index is 1090. The summed E-state index contributed by atoms with van der Waals surface area (Å²) >= 11 is 1.56. The first-order valence-electron chi connectivity index (χ1n) is 9.80.